The van der Waals surface area contributed by atoms with Crippen molar-refractivity contribution in [2.45, 2.75) is 10.8 Å². The Labute approximate surface area is 610 Å². The summed E-state index contributed by atoms with van der Waals surface area (Å²) in [5.74, 6) is 3.56. The van der Waals surface area contributed by atoms with Crippen LogP contribution < -0.4 is 0 Å². The van der Waals surface area contributed by atoms with Gasteiger partial charge in [-0.3, -0.25) is 4.57 Å². The number of hydrogen-bond donors (Lipinski definition) is 0. The van der Waals surface area contributed by atoms with Gasteiger partial charge in [0.25, 0.3) is 0 Å². The molecule has 19 aromatic rings. The van der Waals surface area contributed by atoms with Gasteiger partial charge < -0.3 is 4.57 Å². The van der Waals surface area contributed by atoms with Crippen molar-refractivity contribution in [3.8, 4) is 124 Å². The fraction of sp³-hybridized carbons (Fsp3) is 0.0204. The van der Waals surface area contributed by atoms with Gasteiger partial charge in [0.15, 0.2) is 29.1 Å². The fourth-order valence-electron chi connectivity index (χ4n) is 18.8. The van der Waals surface area contributed by atoms with Gasteiger partial charge in [-0.25, -0.2) is 19.9 Å². The zero-order valence-electron chi connectivity index (χ0n) is 57.1. The zero-order valence-corrected chi connectivity index (χ0v) is 57.1. The van der Waals surface area contributed by atoms with Gasteiger partial charge >= 0.3 is 0 Å². The molecule has 0 bridgehead atoms. The van der Waals surface area contributed by atoms with E-state index in [1.807, 2.05) is 72.8 Å². The molecular formula is C98H58N8. The van der Waals surface area contributed by atoms with E-state index in [9.17, 15) is 0 Å². The fourth-order valence-corrected chi connectivity index (χ4v) is 18.8. The second-order valence-electron chi connectivity index (χ2n) is 28.3. The van der Waals surface area contributed by atoms with Crippen molar-refractivity contribution >= 4 is 43.6 Å². The Morgan fingerprint density at radius 1 is 0.198 bits per heavy atom. The summed E-state index contributed by atoms with van der Waals surface area (Å²) in [5, 5.41) is 4.48. The van der Waals surface area contributed by atoms with Crippen LogP contribution in [0.15, 0.2) is 352 Å². The summed E-state index contributed by atoms with van der Waals surface area (Å²) in [6, 6.07) is 128. The molecule has 4 heterocycles. The topological polar surface area (TPSA) is 87.2 Å². The molecule has 4 aromatic heterocycles. The SMILES string of the molecule is c1ccc(-c2nc(-c3ccccc3)nc(-c3cccc(-n4c5ccc(-c6ccc7c(c6)c6ccc8c(c6n7-c6nc(-c7ccccc7)nc(-c7ccccc7)n6)-c6ccccc6C86c7ccccc7-c7ccccc76)cc5c5ccc6c(c54)-c4ccccc4C64c5ccccc5-c5ccccc54)c3)n2)cc1. The molecule has 0 N–H and O–H groups in total. The van der Waals surface area contributed by atoms with E-state index in [0.717, 1.165) is 88.2 Å². The Hall–Kier alpha value is -14.1. The molecule has 2 spiro atoms. The molecule has 490 valence electrons. The first kappa shape index (κ1) is 58.6. The third-order valence-corrected chi connectivity index (χ3v) is 23.1. The molecule has 0 saturated carbocycles. The standard InChI is InChI=1S/C98H58N8/c1-5-26-59(27-6-1)91-99-92(60-28-7-2-8-29-60)101-95(100-91)65-34-25-35-66(56-65)105-85-54-48-63(57-75(85)71-50-52-83-87(89(71)105)73-40-17-23-46-81(73)97(83)77-42-19-13-36-67(77)68-37-14-20-43-78(68)97)64-49-55-86-76(58-64)72-51-53-84-88(74-41-18-24-47-82(74)98(84)79-44-21-15-38-69(79)70-39-16-22-45-80(70)98)90(72)106(86)96-103-93(61-30-9-3-10-31-61)102-94(104-96)62-32-11-4-12-33-62/h1-58H. The highest BCUT2D eigenvalue weighted by molar-refractivity contribution is 6.20. The molecule has 23 rings (SSSR count). The number of aromatic nitrogens is 8. The van der Waals surface area contributed by atoms with Gasteiger partial charge in [0.2, 0.25) is 5.95 Å². The molecule has 0 aliphatic heterocycles. The zero-order chi connectivity index (χ0) is 69.3. The number of nitrogens with zero attached hydrogens (tertiary/aromatic N) is 8. The first-order chi connectivity index (χ1) is 52.6. The van der Waals surface area contributed by atoms with Gasteiger partial charge in [-0.15, -0.1) is 0 Å². The molecule has 0 saturated heterocycles. The Kier molecular flexibility index (Phi) is 12.3. The lowest BCUT2D eigenvalue weighted by Gasteiger charge is -2.30. The van der Waals surface area contributed by atoms with Gasteiger partial charge in [-0.1, -0.05) is 315 Å². The molecule has 15 aromatic carbocycles. The van der Waals surface area contributed by atoms with Crippen LogP contribution in [0.4, 0.5) is 0 Å². The minimum absolute atomic E-state index is 0.544. The maximum atomic E-state index is 5.55. The van der Waals surface area contributed by atoms with Crippen LogP contribution in [-0.4, -0.2) is 39.0 Å². The lowest BCUT2D eigenvalue weighted by atomic mass is 9.70. The van der Waals surface area contributed by atoms with Gasteiger partial charge in [-0.05, 0) is 125 Å². The highest BCUT2D eigenvalue weighted by Crippen LogP contribution is 2.66. The molecule has 0 radical (unpaired) electrons. The third-order valence-electron chi connectivity index (χ3n) is 23.1. The smallest absolute Gasteiger partial charge is 0.238 e. The molecule has 8 nitrogen and oxygen atoms in total. The van der Waals surface area contributed by atoms with Crippen molar-refractivity contribution < 1.29 is 0 Å². The summed E-state index contributed by atoms with van der Waals surface area (Å²) in [6.07, 6.45) is 0. The van der Waals surface area contributed by atoms with E-state index in [0.29, 0.717) is 35.1 Å². The molecule has 0 atom stereocenters. The average molecular weight is 1350 g/mol. The van der Waals surface area contributed by atoms with Crippen molar-refractivity contribution in [1.29, 1.82) is 0 Å². The van der Waals surface area contributed by atoms with Gasteiger partial charge in [-0.2, -0.15) is 9.97 Å². The Balaban J connectivity index is 0.781. The van der Waals surface area contributed by atoms with E-state index in [1.165, 1.54) is 89.0 Å². The van der Waals surface area contributed by atoms with Crippen molar-refractivity contribution in [1.82, 2.24) is 39.0 Å². The second kappa shape index (κ2) is 22.2. The summed E-state index contributed by atoms with van der Waals surface area (Å²) in [4.78, 5) is 32.0. The highest BCUT2D eigenvalue weighted by atomic mass is 15.2. The third kappa shape index (κ3) is 8.01. The molecule has 0 amide bonds. The summed E-state index contributed by atoms with van der Waals surface area (Å²) >= 11 is 0. The van der Waals surface area contributed by atoms with Crippen LogP contribution in [0.1, 0.15) is 44.5 Å². The molecule has 0 unspecified atom stereocenters. The molecule has 8 heteroatoms. The van der Waals surface area contributed by atoms with Crippen molar-refractivity contribution in [3.63, 3.8) is 0 Å². The average Bonchev–Trinajstić information content (AvgIpc) is 1.50. The van der Waals surface area contributed by atoms with Crippen LogP contribution in [-0.2, 0) is 10.8 Å². The highest BCUT2D eigenvalue weighted by Gasteiger charge is 2.54. The first-order valence-electron chi connectivity index (χ1n) is 36.3. The summed E-state index contributed by atoms with van der Waals surface area (Å²) < 4.78 is 4.86. The molecule has 0 fully saturated rings. The van der Waals surface area contributed by atoms with Crippen LogP contribution in [0, 0.1) is 0 Å². The van der Waals surface area contributed by atoms with Gasteiger partial charge in [0.05, 0.1) is 32.9 Å². The number of fused-ring (bicyclic) bond motifs is 28. The largest absolute Gasteiger partial charge is 0.309 e. The minimum Gasteiger partial charge on any atom is -0.309 e. The molecular weight excluding hydrogens is 1290 g/mol. The van der Waals surface area contributed by atoms with Crippen LogP contribution >= 0.6 is 0 Å². The normalized spacial score (nSPS) is 13.4. The maximum Gasteiger partial charge on any atom is 0.238 e. The minimum atomic E-state index is -0.585. The lowest BCUT2D eigenvalue weighted by Crippen LogP contribution is -2.25. The first-order valence-corrected chi connectivity index (χ1v) is 36.3. The quantitative estimate of drug-likeness (QED) is 0.151. The maximum absolute atomic E-state index is 5.55. The summed E-state index contributed by atoms with van der Waals surface area (Å²) in [6.45, 7) is 0. The number of rotatable bonds is 8. The van der Waals surface area contributed by atoms with E-state index < -0.39 is 10.8 Å². The Bertz CT molecular complexity index is 6750. The van der Waals surface area contributed by atoms with Gasteiger partial charge in [0.1, 0.15) is 0 Å². The van der Waals surface area contributed by atoms with Crippen molar-refractivity contribution in [2.75, 3.05) is 0 Å². The van der Waals surface area contributed by atoms with E-state index in [2.05, 4.69) is 288 Å². The van der Waals surface area contributed by atoms with Crippen LogP contribution in [0.25, 0.3) is 168 Å². The lowest BCUT2D eigenvalue weighted by molar-refractivity contribution is 0.794. The predicted octanol–water partition coefficient (Wildman–Crippen LogP) is 22.9. The molecule has 106 heavy (non-hydrogen) atoms. The van der Waals surface area contributed by atoms with Crippen LogP contribution in [0.3, 0.4) is 0 Å². The Morgan fingerprint density at radius 3 is 0.906 bits per heavy atom. The number of hydrogen-bond acceptors (Lipinski definition) is 6. The molecule has 4 aliphatic carbocycles. The summed E-state index contributed by atoms with van der Waals surface area (Å²) in [7, 11) is 0. The van der Waals surface area contributed by atoms with Crippen LogP contribution in [0.2, 0.25) is 0 Å². The summed E-state index contributed by atoms with van der Waals surface area (Å²) in [5.41, 5.74) is 30.9. The van der Waals surface area contributed by atoms with E-state index in [1.54, 1.807) is 0 Å². The van der Waals surface area contributed by atoms with Crippen molar-refractivity contribution in [3.05, 3.63) is 396 Å². The van der Waals surface area contributed by atoms with E-state index in [4.69, 9.17) is 29.9 Å². The van der Waals surface area contributed by atoms with E-state index >= 15 is 0 Å². The van der Waals surface area contributed by atoms with Crippen molar-refractivity contribution in [2.24, 2.45) is 0 Å². The second-order valence-corrected chi connectivity index (χ2v) is 28.3. The Morgan fingerprint density at radius 2 is 0.509 bits per heavy atom. The van der Waals surface area contributed by atoms with Gasteiger partial charge in [0, 0.05) is 66.2 Å². The molecule has 4 aliphatic rings. The predicted molar refractivity (Wildman–Crippen MR) is 427 cm³/mol. The number of benzene rings is 15. The van der Waals surface area contributed by atoms with Crippen LogP contribution in [0.5, 0.6) is 0 Å². The monoisotopic (exact) mass is 1350 g/mol. The van der Waals surface area contributed by atoms with E-state index in [-0.39, 0.29) is 0 Å².